The zero-order valence-corrected chi connectivity index (χ0v) is 15.3. The molecule has 6 nitrogen and oxygen atoms in total. The summed E-state index contributed by atoms with van der Waals surface area (Å²) in [5, 5.41) is 0.236. The van der Waals surface area contributed by atoms with E-state index in [0.29, 0.717) is 5.52 Å². The number of hydrogen-bond donors (Lipinski definition) is 0. The number of carbonyl (C=O) groups excluding carboxylic acids is 1. The third-order valence-electron chi connectivity index (χ3n) is 4.35. The van der Waals surface area contributed by atoms with Gasteiger partial charge in [-0.1, -0.05) is 36.4 Å². The summed E-state index contributed by atoms with van der Waals surface area (Å²) in [5.41, 5.74) is -0.116. The van der Waals surface area contributed by atoms with Crippen molar-refractivity contribution < 1.29 is 18.8 Å². The molecule has 0 spiro atoms. The number of carbonyl (C=O) groups is 1. The van der Waals surface area contributed by atoms with Crippen LogP contribution in [0.3, 0.4) is 0 Å². The highest BCUT2D eigenvalue weighted by molar-refractivity contribution is 5.93. The summed E-state index contributed by atoms with van der Waals surface area (Å²) in [6, 6.07) is 18.8. The lowest BCUT2D eigenvalue weighted by Crippen LogP contribution is -2.33. The van der Waals surface area contributed by atoms with Crippen molar-refractivity contribution in [3.05, 3.63) is 94.5 Å². The maximum atomic E-state index is 14.5. The fraction of sp³-hybridized carbons (Fsp3) is 0.0455. The lowest BCUT2D eigenvalue weighted by molar-refractivity contribution is 0.0445. The van der Waals surface area contributed by atoms with Crippen LogP contribution in [0.2, 0.25) is 0 Å². The number of hydrogen-bond acceptors (Lipinski definition) is 5. The molecule has 0 unspecified atom stereocenters. The Hall–Kier alpha value is -4.00. The van der Waals surface area contributed by atoms with E-state index in [9.17, 15) is 14.0 Å². The van der Waals surface area contributed by atoms with Crippen molar-refractivity contribution in [1.29, 1.82) is 0 Å². The third kappa shape index (κ3) is 3.34. The van der Waals surface area contributed by atoms with Crippen molar-refractivity contribution in [3.63, 3.8) is 0 Å². The van der Waals surface area contributed by atoms with Crippen molar-refractivity contribution >= 4 is 16.9 Å². The number of para-hydroxylation sites is 2. The van der Waals surface area contributed by atoms with E-state index in [-0.39, 0.29) is 28.1 Å². The van der Waals surface area contributed by atoms with Gasteiger partial charge in [0.1, 0.15) is 17.1 Å². The maximum absolute atomic E-state index is 14.5. The molecule has 0 aliphatic carbocycles. The van der Waals surface area contributed by atoms with E-state index in [1.54, 1.807) is 48.5 Å². The quantitative estimate of drug-likeness (QED) is 0.534. The van der Waals surface area contributed by atoms with Crippen molar-refractivity contribution in [2.24, 2.45) is 0 Å². The molecule has 0 aliphatic heterocycles. The van der Waals surface area contributed by atoms with E-state index in [2.05, 4.69) is 4.98 Å². The van der Waals surface area contributed by atoms with Crippen LogP contribution >= 0.6 is 0 Å². The molecule has 0 aliphatic rings. The Kier molecular flexibility index (Phi) is 4.78. The molecule has 0 amide bonds. The molecule has 0 saturated heterocycles. The largest absolute Gasteiger partial charge is 0.496 e. The van der Waals surface area contributed by atoms with Gasteiger partial charge in [-0.05, 0) is 36.4 Å². The van der Waals surface area contributed by atoms with Crippen molar-refractivity contribution in [1.82, 2.24) is 9.71 Å². The Bertz CT molecular complexity index is 1280. The summed E-state index contributed by atoms with van der Waals surface area (Å²) in [4.78, 5) is 35.6. The number of benzene rings is 3. The fourth-order valence-electron chi connectivity index (χ4n) is 2.96. The van der Waals surface area contributed by atoms with Crippen molar-refractivity contribution in [2.45, 2.75) is 0 Å². The Morgan fingerprint density at radius 1 is 0.966 bits per heavy atom. The van der Waals surface area contributed by atoms with Crippen molar-refractivity contribution in [2.75, 3.05) is 7.11 Å². The van der Waals surface area contributed by atoms with Crippen LogP contribution < -0.4 is 15.1 Å². The number of aromatic nitrogens is 2. The van der Waals surface area contributed by atoms with E-state index in [1.165, 1.54) is 31.4 Å². The number of methoxy groups -OCH3 is 1. The van der Waals surface area contributed by atoms with Crippen LogP contribution in [-0.2, 0) is 0 Å². The van der Waals surface area contributed by atoms with Crippen LogP contribution in [0.4, 0.5) is 4.39 Å². The second-order valence-electron chi connectivity index (χ2n) is 6.11. The number of halogens is 1. The van der Waals surface area contributed by atoms with E-state index in [4.69, 9.17) is 9.57 Å². The molecule has 0 bridgehead atoms. The highest BCUT2D eigenvalue weighted by Gasteiger charge is 2.21. The summed E-state index contributed by atoms with van der Waals surface area (Å²) < 4.78 is 20.3. The van der Waals surface area contributed by atoms with Crippen LogP contribution in [0.1, 0.15) is 10.4 Å². The molecule has 7 heteroatoms. The number of nitrogens with zero attached hydrogens (tertiary/aromatic N) is 2. The molecule has 4 aromatic rings. The second kappa shape index (κ2) is 7.55. The zero-order chi connectivity index (χ0) is 20.4. The minimum Gasteiger partial charge on any atom is -0.496 e. The first-order chi connectivity index (χ1) is 14.1. The molecule has 4 rings (SSSR count). The van der Waals surface area contributed by atoms with Gasteiger partial charge in [0.2, 0.25) is 0 Å². The molecule has 0 radical (unpaired) electrons. The standard InChI is InChI=1S/C22H15FN2O4/c1-28-19-13-7-4-10-16(19)22(27)29-25-20(14-8-2-5-11-17(14)23)24-18-12-6-3-9-15(18)21(25)26/h2-13H,1H3. The Morgan fingerprint density at radius 3 is 2.45 bits per heavy atom. The van der Waals surface area contributed by atoms with Gasteiger partial charge in [0.15, 0.2) is 5.82 Å². The van der Waals surface area contributed by atoms with Gasteiger partial charge in [-0.15, -0.1) is 4.73 Å². The van der Waals surface area contributed by atoms with Gasteiger partial charge in [0, 0.05) is 0 Å². The first-order valence-corrected chi connectivity index (χ1v) is 8.72. The molecule has 29 heavy (non-hydrogen) atoms. The Balaban J connectivity index is 1.92. The van der Waals surface area contributed by atoms with Gasteiger partial charge in [0.25, 0.3) is 5.56 Å². The molecule has 3 aromatic carbocycles. The summed E-state index contributed by atoms with van der Waals surface area (Å²) in [7, 11) is 1.42. The molecular formula is C22H15FN2O4. The lowest BCUT2D eigenvalue weighted by atomic mass is 10.2. The Labute approximate surface area is 164 Å². The first-order valence-electron chi connectivity index (χ1n) is 8.72. The van der Waals surface area contributed by atoms with Crippen LogP contribution in [-0.4, -0.2) is 22.8 Å². The minimum atomic E-state index is -0.834. The van der Waals surface area contributed by atoms with Crippen LogP contribution in [0, 0.1) is 5.82 Å². The zero-order valence-electron chi connectivity index (χ0n) is 15.3. The van der Waals surface area contributed by atoms with Gasteiger partial charge in [-0.25, -0.2) is 14.2 Å². The lowest BCUT2D eigenvalue weighted by Gasteiger charge is -2.14. The Morgan fingerprint density at radius 2 is 1.66 bits per heavy atom. The van der Waals surface area contributed by atoms with Crippen LogP contribution in [0.15, 0.2) is 77.6 Å². The minimum absolute atomic E-state index is 0.0307. The molecular weight excluding hydrogens is 375 g/mol. The SMILES string of the molecule is COc1ccccc1C(=O)On1c(-c2ccccc2F)nc2ccccc2c1=O. The van der Waals surface area contributed by atoms with E-state index in [1.807, 2.05) is 0 Å². The van der Waals surface area contributed by atoms with Gasteiger partial charge >= 0.3 is 5.97 Å². The predicted molar refractivity (Wildman–Crippen MR) is 105 cm³/mol. The van der Waals surface area contributed by atoms with Gasteiger partial charge < -0.3 is 9.57 Å². The van der Waals surface area contributed by atoms with Gasteiger partial charge in [0.05, 0.1) is 23.6 Å². The van der Waals surface area contributed by atoms with Crippen molar-refractivity contribution in [3.8, 4) is 17.1 Å². The van der Waals surface area contributed by atoms with Gasteiger partial charge in [-0.3, -0.25) is 4.79 Å². The number of ether oxygens (including phenoxy) is 1. The molecule has 1 aromatic heterocycles. The highest BCUT2D eigenvalue weighted by Crippen LogP contribution is 2.22. The van der Waals surface area contributed by atoms with Crippen LogP contribution in [0.25, 0.3) is 22.3 Å². The molecule has 0 N–H and O–H groups in total. The molecule has 0 atom stereocenters. The number of rotatable bonds is 4. The smallest absolute Gasteiger partial charge is 0.367 e. The number of fused-ring (bicyclic) bond motifs is 1. The van der Waals surface area contributed by atoms with E-state index in [0.717, 1.165) is 4.73 Å². The third-order valence-corrected chi connectivity index (χ3v) is 4.35. The molecule has 0 saturated carbocycles. The normalized spacial score (nSPS) is 10.7. The first kappa shape index (κ1) is 18.4. The molecule has 0 fully saturated rings. The van der Waals surface area contributed by atoms with E-state index < -0.39 is 17.3 Å². The molecule has 144 valence electrons. The van der Waals surface area contributed by atoms with Gasteiger partial charge in [-0.2, -0.15) is 0 Å². The summed E-state index contributed by atoms with van der Waals surface area (Å²) in [6.45, 7) is 0. The summed E-state index contributed by atoms with van der Waals surface area (Å²) in [6.07, 6.45) is 0. The predicted octanol–water partition coefficient (Wildman–Crippen LogP) is 3.48. The monoisotopic (exact) mass is 390 g/mol. The highest BCUT2D eigenvalue weighted by atomic mass is 19.1. The van der Waals surface area contributed by atoms with E-state index >= 15 is 0 Å². The topological polar surface area (TPSA) is 70.4 Å². The maximum Gasteiger partial charge on any atom is 0.367 e. The second-order valence-corrected chi connectivity index (χ2v) is 6.11. The fourth-order valence-corrected chi connectivity index (χ4v) is 2.96. The van der Waals surface area contributed by atoms with Crippen LogP contribution in [0.5, 0.6) is 5.75 Å². The molecule has 1 heterocycles. The summed E-state index contributed by atoms with van der Waals surface area (Å²) in [5.74, 6) is -1.27. The average Bonchev–Trinajstić information content (AvgIpc) is 2.76. The summed E-state index contributed by atoms with van der Waals surface area (Å²) >= 11 is 0. The average molecular weight is 390 g/mol.